The molecule has 2 amide bonds. The van der Waals surface area contributed by atoms with Gasteiger partial charge in [-0.1, -0.05) is 84.9 Å². The molecule has 0 aromatic heterocycles. The summed E-state index contributed by atoms with van der Waals surface area (Å²) in [5.41, 5.74) is 11.7. The van der Waals surface area contributed by atoms with Gasteiger partial charge in [0, 0.05) is 24.3 Å². The molecule has 4 unspecified atom stereocenters. The fourth-order valence-corrected chi connectivity index (χ4v) is 7.81. The van der Waals surface area contributed by atoms with Crippen LogP contribution in [-0.4, -0.2) is 79.0 Å². The Morgan fingerprint density at radius 2 is 1.18 bits per heavy atom. The SMILES string of the molecule is CS(=O)(=O)OC1(O)C(O)C(Cc2ccccc2)N(Cc2cccc(N)c2)C(=O)N(Cc2cccc(N)c2)C1(Cc1ccccc1)OS(C)(=O)=O. The molecule has 1 aliphatic rings. The summed E-state index contributed by atoms with van der Waals surface area (Å²) < 4.78 is 64.0. The van der Waals surface area contributed by atoms with Gasteiger partial charge in [-0.05, 0) is 52.9 Å². The highest BCUT2D eigenvalue weighted by Crippen LogP contribution is 2.46. The Morgan fingerprint density at radius 3 is 1.68 bits per heavy atom. The molecule has 0 saturated carbocycles. The second kappa shape index (κ2) is 14.4. The maximum Gasteiger partial charge on any atom is 0.323 e. The van der Waals surface area contributed by atoms with E-state index in [1.165, 1.54) is 11.0 Å². The molecule has 4 atom stereocenters. The maximum absolute atomic E-state index is 15.3. The first-order valence-corrected chi connectivity index (χ1v) is 19.2. The smallest absolute Gasteiger partial charge is 0.323 e. The third kappa shape index (κ3) is 8.26. The van der Waals surface area contributed by atoms with Crippen molar-refractivity contribution in [1.82, 2.24) is 9.80 Å². The number of hydrogen-bond donors (Lipinski definition) is 4. The van der Waals surface area contributed by atoms with Crippen molar-refractivity contribution in [3.8, 4) is 0 Å². The van der Waals surface area contributed by atoms with E-state index in [2.05, 4.69) is 0 Å². The molecule has 1 heterocycles. The summed E-state index contributed by atoms with van der Waals surface area (Å²) in [6.45, 7) is -0.680. The lowest BCUT2D eigenvalue weighted by Gasteiger charge is -2.50. The number of anilines is 2. The van der Waals surface area contributed by atoms with Crippen molar-refractivity contribution in [1.29, 1.82) is 0 Å². The van der Waals surface area contributed by atoms with Gasteiger partial charge in [0.25, 0.3) is 26.0 Å². The first-order chi connectivity index (χ1) is 23.5. The van der Waals surface area contributed by atoms with Crippen molar-refractivity contribution in [2.45, 2.75) is 49.6 Å². The van der Waals surface area contributed by atoms with Crippen LogP contribution in [0.4, 0.5) is 16.2 Å². The van der Waals surface area contributed by atoms with Gasteiger partial charge in [-0.3, -0.25) is 4.90 Å². The van der Waals surface area contributed by atoms with Crippen molar-refractivity contribution in [3.63, 3.8) is 0 Å². The highest BCUT2D eigenvalue weighted by atomic mass is 32.2. The summed E-state index contributed by atoms with van der Waals surface area (Å²) in [4.78, 5) is 17.4. The van der Waals surface area contributed by atoms with E-state index in [1.54, 1.807) is 103 Å². The van der Waals surface area contributed by atoms with Gasteiger partial charge in [0.15, 0.2) is 0 Å². The molecular formula is C35H40N4O9S2. The number of aliphatic hydroxyl groups excluding tert-OH is 1. The topological polar surface area (TPSA) is 203 Å². The van der Waals surface area contributed by atoms with E-state index in [4.69, 9.17) is 19.8 Å². The molecule has 1 saturated heterocycles. The number of carbonyl (C=O) groups is 1. The number of urea groups is 1. The van der Waals surface area contributed by atoms with Crippen molar-refractivity contribution < 1.29 is 40.2 Å². The molecule has 1 fully saturated rings. The Kier molecular flexibility index (Phi) is 10.6. The molecule has 266 valence electrons. The lowest BCUT2D eigenvalue weighted by atomic mass is 9.85. The van der Waals surface area contributed by atoms with Crippen LogP contribution in [0.1, 0.15) is 22.3 Å². The van der Waals surface area contributed by atoms with E-state index in [0.29, 0.717) is 46.1 Å². The minimum absolute atomic E-state index is 0.127. The Bertz CT molecular complexity index is 2040. The standard InChI is InChI=1S/C35H40N4O9S2/c1-49(43,44)47-34(22-26-13-7-4-8-14-26)35(42,48-50(2,45)46)32(40)31(21-25-11-5-3-6-12-25)38(23-27-15-9-17-29(36)19-27)33(41)39(34)24-28-16-10-18-30(37)20-28/h3-20,31-32,40,42H,21-24,36-37H2,1-2H3. The zero-order valence-corrected chi connectivity index (χ0v) is 29.1. The first kappa shape index (κ1) is 36.8. The van der Waals surface area contributed by atoms with Gasteiger partial charge in [-0.2, -0.15) is 16.8 Å². The number of carbonyl (C=O) groups excluding carboxylic acids is 1. The van der Waals surface area contributed by atoms with Gasteiger partial charge >= 0.3 is 6.03 Å². The lowest BCUT2D eigenvalue weighted by Crippen LogP contribution is -2.73. The molecule has 13 nitrogen and oxygen atoms in total. The van der Waals surface area contributed by atoms with Gasteiger partial charge in [-0.25, -0.2) is 13.2 Å². The number of nitrogens with two attached hydrogens (primary N) is 2. The summed E-state index contributed by atoms with van der Waals surface area (Å²) in [5, 5.41) is 25.4. The van der Waals surface area contributed by atoms with Crippen LogP contribution >= 0.6 is 0 Å². The average molecular weight is 725 g/mol. The summed E-state index contributed by atoms with van der Waals surface area (Å²) in [5.74, 6) is -3.45. The Morgan fingerprint density at radius 1 is 0.700 bits per heavy atom. The van der Waals surface area contributed by atoms with Crippen LogP contribution in [0.25, 0.3) is 0 Å². The van der Waals surface area contributed by atoms with Crippen molar-refractivity contribution in [2.24, 2.45) is 0 Å². The molecule has 6 N–H and O–H groups in total. The highest BCUT2D eigenvalue weighted by Gasteiger charge is 2.70. The van der Waals surface area contributed by atoms with E-state index in [1.807, 2.05) is 0 Å². The molecule has 15 heteroatoms. The van der Waals surface area contributed by atoms with Crippen LogP contribution in [0.15, 0.2) is 109 Å². The van der Waals surface area contributed by atoms with Gasteiger partial charge in [0.1, 0.15) is 6.10 Å². The summed E-state index contributed by atoms with van der Waals surface area (Å²) >= 11 is 0. The number of benzene rings is 4. The molecule has 4 aromatic rings. The van der Waals surface area contributed by atoms with Crippen LogP contribution in [-0.2, 0) is 54.5 Å². The van der Waals surface area contributed by atoms with E-state index >= 15 is 4.79 Å². The van der Waals surface area contributed by atoms with Crippen LogP contribution in [0.2, 0.25) is 0 Å². The van der Waals surface area contributed by atoms with Crippen molar-refractivity contribution in [2.75, 3.05) is 24.0 Å². The maximum atomic E-state index is 15.3. The number of rotatable bonds is 12. The predicted octanol–water partition coefficient (Wildman–Crippen LogP) is 2.84. The first-order valence-electron chi connectivity index (χ1n) is 15.6. The van der Waals surface area contributed by atoms with Crippen LogP contribution in [0, 0.1) is 0 Å². The van der Waals surface area contributed by atoms with Crippen LogP contribution in [0.5, 0.6) is 0 Å². The van der Waals surface area contributed by atoms with Crippen molar-refractivity contribution in [3.05, 3.63) is 131 Å². The lowest BCUT2D eigenvalue weighted by molar-refractivity contribution is -0.322. The fraction of sp³-hybridized carbons (Fsp3) is 0.286. The van der Waals surface area contributed by atoms with Gasteiger partial charge in [0.05, 0.1) is 25.1 Å². The number of hydrogen-bond acceptors (Lipinski definition) is 11. The monoisotopic (exact) mass is 724 g/mol. The molecule has 0 radical (unpaired) electrons. The molecule has 4 aromatic carbocycles. The van der Waals surface area contributed by atoms with E-state index in [0.717, 1.165) is 4.90 Å². The molecule has 0 aliphatic carbocycles. The molecule has 5 rings (SSSR count). The molecule has 0 bridgehead atoms. The summed E-state index contributed by atoms with van der Waals surface area (Å²) in [6, 6.07) is 27.4. The minimum Gasteiger partial charge on any atom is -0.399 e. The number of amides is 2. The number of nitrogen functional groups attached to an aromatic ring is 2. The zero-order valence-electron chi connectivity index (χ0n) is 27.5. The second-order valence-electron chi connectivity index (χ2n) is 12.4. The summed E-state index contributed by atoms with van der Waals surface area (Å²) in [7, 11) is -9.41. The van der Waals surface area contributed by atoms with E-state index < -0.39 is 62.9 Å². The molecule has 50 heavy (non-hydrogen) atoms. The molecule has 1 aliphatic heterocycles. The zero-order chi connectivity index (χ0) is 36.3. The third-order valence-corrected chi connectivity index (χ3v) is 9.51. The van der Waals surface area contributed by atoms with Gasteiger partial charge < -0.3 is 26.6 Å². The Labute approximate surface area is 291 Å². The Balaban J connectivity index is 1.87. The highest BCUT2D eigenvalue weighted by molar-refractivity contribution is 7.86. The molecular weight excluding hydrogens is 685 g/mol. The Hall–Kier alpha value is -4.51. The third-order valence-electron chi connectivity index (χ3n) is 8.38. The molecule has 0 spiro atoms. The quantitative estimate of drug-likeness (QED) is 0.0951. The van der Waals surface area contributed by atoms with Crippen molar-refractivity contribution >= 4 is 37.6 Å². The van der Waals surface area contributed by atoms with E-state index in [9.17, 15) is 27.0 Å². The number of nitrogens with zero attached hydrogens (tertiary/aromatic N) is 2. The number of aliphatic hydroxyl groups is 2. The largest absolute Gasteiger partial charge is 0.399 e. The summed E-state index contributed by atoms with van der Waals surface area (Å²) in [6.07, 6.45) is -1.76. The van der Waals surface area contributed by atoms with Gasteiger partial charge in [-0.15, -0.1) is 0 Å². The second-order valence-corrected chi connectivity index (χ2v) is 15.6. The fourth-order valence-electron chi connectivity index (χ4n) is 6.35. The minimum atomic E-state index is -4.73. The predicted molar refractivity (Wildman–Crippen MR) is 188 cm³/mol. The van der Waals surface area contributed by atoms with Crippen LogP contribution in [0.3, 0.4) is 0 Å². The normalized spacial score (nSPS) is 23.1. The van der Waals surface area contributed by atoms with Crippen LogP contribution < -0.4 is 11.5 Å². The average Bonchev–Trinajstić information content (AvgIpc) is 3.07. The van der Waals surface area contributed by atoms with E-state index in [-0.39, 0.29) is 13.0 Å². The van der Waals surface area contributed by atoms with Gasteiger partial charge in [0.2, 0.25) is 5.72 Å².